The summed E-state index contributed by atoms with van der Waals surface area (Å²) in [4.78, 5) is 0. The first kappa shape index (κ1) is 8.02. The molecule has 1 rings (SSSR count). The van der Waals surface area contributed by atoms with Gasteiger partial charge in [0.25, 0.3) is 0 Å². The molecule has 2 heteroatoms. The third-order valence-corrected chi connectivity index (χ3v) is 2.65. The highest BCUT2D eigenvalue weighted by molar-refractivity contribution is 4.84. The molecule has 0 aromatic carbocycles. The third kappa shape index (κ3) is 1.70. The van der Waals surface area contributed by atoms with E-state index in [2.05, 4.69) is 19.3 Å². The Hall–Kier alpha value is -0.0800. The Balaban J connectivity index is 2.27. The maximum absolute atomic E-state index is 5.40. The Morgan fingerprint density at radius 3 is 2.50 bits per heavy atom. The molecule has 0 spiro atoms. The molecule has 10 heavy (non-hydrogen) atoms. The van der Waals surface area contributed by atoms with Gasteiger partial charge in [0.2, 0.25) is 0 Å². The van der Waals surface area contributed by atoms with Crippen LogP contribution in [-0.2, 0) is 0 Å². The van der Waals surface area contributed by atoms with Crippen LogP contribution in [-0.4, -0.2) is 6.04 Å². The third-order valence-electron chi connectivity index (χ3n) is 2.65. The molecule has 1 aliphatic rings. The van der Waals surface area contributed by atoms with E-state index in [0.717, 1.165) is 18.3 Å². The zero-order valence-electron chi connectivity index (χ0n) is 6.93. The molecular weight excluding hydrogens is 124 g/mol. The van der Waals surface area contributed by atoms with Crippen LogP contribution in [0.5, 0.6) is 0 Å². The molecule has 1 saturated carbocycles. The quantitative estimate of drug-likeness (QED) is 0.458. The molecule has 2 unspecified atom stereocenters. The van der Waals surface area contributed by atoms with E-state index in [0.29, 0.717) is 6.04 Å². The van der Waals surface area contributed by atoms with Crippen molar-refractivity contribution in [2.45, 2.75) is 39.2 Å². The Morgan fingerprint density at radius 2 is 2.20 bits per heavy atom. The molecule has 0 aromatic rings. The lowest BCUT2D eigenvalue weighted by Crippen LogP contribution is -2.40. The zero-order valence-corrected chi connectivity index (χ0v) is 6.93. The van der Waals surface area contributed by atoms with Crippen LogP contribution in [0.1, 0.15) is 33.1 Å². The van der Waals surface area contributed by atoms with Crippen LogP contribution in [0.25, 0.3) is 0 Å². The first-order valence-corrected chi connectivity index (χ1v) is 4.25. The summed E-state index contributed by atoms with van der Waals surface area (Å²) in [5.74, 6) is 7.13. The van der Waals surface area contributed by atoms with Gasteiger partial charge in [0.1, 0.15) is 0 Å². The van der Waals surface area contributed by atoms with Crippen molar-refractivity contribution in [3.05, 3.63) is 0 Å². The fraction of sp³-hybridized carbons (Fsp3) is 1.00. The van der Waals surface area contributed by atoms with E-state index in [1.807, 2.05) is 0 Å². The van der Waals surface area contributed by atoms with E-state index in [-0.39, 0.29) is 0 Å². The largest absolute Gasteiger partial charge is 0.271 e. The molecule has 0 bridgehead atoms. The van der Waals surface area contributed by atoms with E-state index in [1.165, 1.54) is 12.8 Å². The molecule has 0 amide bonds. The molecule has 0 heterocycles. The average Bonchev–Trinajstić information content (AvgIpc) is 2.71. The van der Waals surface area contributed by atoms with Crippen molar-refractivity contribution >= 4 is 0 Å². The standard InChI is InChI=1S/C8H18N2/c1-3-8(10-9)6(2)7-4-5-7/h6-8,10H,3-5,9H2,1-2H3. The molecule has 60 valence electrons. The first-order chi connectivity index (χ1) is 4.79. The summed E-state index contributed by atoms with van der Waals surface area (Å²) in [6.07, 6.45) is 3.98. The SMILES string of the molecule is CCC(NN)C(C)C1CC1. The summed E-state index contributed by atoms with van der Waals surface area (Å²) in [7, 11) is 0. The van der Waals surface area contributed by atoms with Crippen molar-refractivity contribution in [2.24, 2.45) is 17.7 Å². The molecule has 1 aliphatic carbocycles. The summed E-state index contributed by atoms with van der Waals surface area (Å²) >= 11 is 0. The zero-order chi connectivity index (χ0) is 7.56. The minimum absolute atomic E-state index is 0.535. The van der Waals surface area contributed by atoms with Crippen LogP contribution in [0.4, 0.5) is 0 Å². The van der Waals surface area contributed by atoms with Gasteiger partial charge in [0.05, 0.1) is 0 Å². The number of hydrogen-bond acceptors (Lipinski definition) is 2. The van der Waals surface area contributed by atoms with Gasteiger partial charge in [0.15, 0.2) is 0 Å². The molecule has 0 aliphatic heterocycles. The molecule has 0 saturated heterocycles. The Kier molecular flexibility index (Phi) is 2.69. The molecule has 0 radical (unpaired) electrons. The first-order valence-electron chi connectivity index (χ1n) is 4.25. The van der Waals surface area contributed by atoms with Crippen molar-refractivity contribution in [3.63, 3.8) is 0 Å². The topological polar surface area (TPSA) is 38.0 Å². The van der Waals surface area contributed by atoms with Gasteiger partial charge in [-0.2, -0.15) is 0 Å². The second kappa shape index (κ2) is 3.35. The number of hydrazine groups is 1. The Bertz CT molecular complexity index is 95.4. The van der Waals surface area contributed by atoms with Crippen molar-refractivity contribution in [3.8, 4) is 0 Å². The highest BCUT2D eigenvalue weighted by Gasteiger charge is 2.31. The summed E-state index contributed by atoms with van der Waals surface area (Å²) in [5, 5.41) is 0. The van der Waals surface area contributed by atoms with Crippen LogP contribution in [0, 0.1) is 11.8 Å². The van der Waals surface area contributed by atoms with Crippen LogP contribution < -0.4 is 11.3 Å². The molecule has 0 aromatic heterocycles. The Labute approximate surface area is 63.1 Å². The maximum atomic E-state index is 5.40. The maximum Gasteiger partial charge on any atom is 0.0236 e. The summed E-state index contributed by atoms with van der Waals surface area (Å²) in [6, 6.07) is 0.535. The van der Waals surface area contributed by atoms with E-state index in [9.17, 15) is 0 Å². The average molecular weight is 142 g/mol. The summed E-state index contributed by atoms with van der Waals surface area (Å²) in [5.41, 5.74) is 2.87. The van der Waals surface area contributed by atoms with Gasteiger partial charge >= 0.3 is 0 Å². The smallest absolute Gasteiger partial charge is 0.0236 e. The lowest BCUT2D eigenvalue weighted by molar-refractivity contribution is 0.337. The number of nitrogens with two attached hydrogens (primary N) is 1. The number of rotatable bonds is 4. The summed E-state index contributed by atoms with van der Waals surface area (Å²) in [6.45, 7) is 4.48. The van der Waals surface area contributed by atoms with Gasteiger partial charge in [-0.1, -0.05) is 13.8 Å². The Morgan fingerprint density at radius 1 is 1.60 bits per heavy atom. The second-order valence-corrected chi connectivity index (χ2v) is 3.38. The van der Waals surface area contributed by atoms with Gasteiger partial charge in [-0.25, -0.2) is 0 Å². The van der Waals surface area contributed by atoms with Gasteiger partial charge in [-0.05, 0) is 31.1 Å². The van der Waals surface area contributed by atoms with Gasteiger partial charge in [-0.15, -0.1) is 0 Å². The van der Waals surface area contributed by atoms with Crippen LogP contribution in [0.2, 0.25) is 0 Å². The minimum atomic E-state index is 0.535. The predicted molar refractivity (Wildman–Crippen MR) is 43.3 cm³/mol. The van der Waals surface area contributed by atoms with Crippen LogP contribution >= 0.6 is 0 Å². The van der Waals surface area contributed by atoms with E-state index in [4.69, 9.17) is 5.84 Å². The van der Waals surface area contributed by atoms with Crippen LogP contribution in [0.3, 0.4) is 0 Å². The lowest BCUT2D eigenvalue weighted by Gasteiger charge is -2.20. The minimum Gasteiger partial charge on any atom is -0.271 e. The van der Waals surface area contributed by atoms with Crippen LogP contribution in [0.15, 0.2) is 0 Å². The number of hydrogen-bond donors (Lipinski definition) is 2. The fourth-order valence-corrected chi connectivity index (χ4v) is 1.59. The van der Waals surface area contributed by atoms with Gasteiger partial charge < -0.3 is 0 Å². The highest BCUT2D eigenvalue weighted by atomic mass is 15.2. The molecule has 2 nitrogen and oxygen atoms in total. The van der Waals surface area contributed by atoms with Crippen molar-refractivity contribution < 1.29 is 0 Å². The van der Waals surface area contributed by atoms with Gasteiger partial charge in [-0.3, -0.25) is 11.3 Å². The van der Waals surface area contributed by atoms with E-state index >= 15 is 0 Å². The highest BCUT2D eigenvalue weighted by Crippen LogP contribution is 2.38. The van der Waals surface area contributed by atoms with Gasteiger partial charge in [0, 0.05) is 6.04 Å². The van der Waals surface area contributed by atoms with Crippen molar-refractivity contribution in [1.29, 1.82) is 0 Å². The fourth-order valence-electron chi connectivity index (χ4n) is 1.59. The van der Waals surface area contributed by atoms with E-state index in [1.54, 1.807) is 0 Å². The molecule has 3 N–H and O–H groups in total. The molecule has 2 atom stereocenters. The monoisotopic (exact) mass is 142 g/mol. The molecule has 1 fully saturated rings. The summed E-state index contributed by atoms with van der Waals surface area (Å²) < 4.78 is 0. The van der Waals surface area contributed by atoms with Crippen molar-refractivity contribution in [2.75, 3.05) is 0 Å². The predicted octanol–water partition coefficient (Wildman–Crippen LogP) is 1.27. The second-order valence-electron chi connectivity index (χ2n) is 3.38. The van der Waals surface area contributed by atoms with Crippen molar-refractivity contribution in [1.82, 2.24) is 5.43 Å². The normalized spacial score (nSPS) is 24.3. The van der Waals surface area contributed by atoms with E-state index < -0.39 is 0 Å². The molecular formula is C8H18N2. The number of nitrogens with one attached hydrogen (secondary N) is 1. The lowest BCUT2D eigenvalue weighted by atomic mass is 9.95.